The predicted octanol–water partition coefficient (Wildman–Crippen LogP) is 4.66. The highest BCUT2D eigenvalue weighted by atomic mass is 16.3. The molecule has 1 aliphatic heterocycles. The number of benzene rings is 1. The van der Waals surface area contributed by atoms with Gasteiger partial charge in [0.25, 0.3) is 0 Å². The number of piperazine rings is 1. The lowest BCUT2D eigenvalue weighted by molar-refractivity contribution is 0.233. The number of hydrogen-bond acceptors (Lipinski definition) is 7. The van der Waals surface area contributed by atoms with E-state index in [4.69, 9.17) is 9.40 Å². The van der Waals surface area contributed by atoms with Gasteiger partial charge in [0.15, 0.2) is 12.2 Å². The summed E-state index contributed by atoms with van der Waals surface area (Å²) in [4.78, 5) is 16.3. The summed E-state index contributed by atoms with van der Waals surface area (Å²) in [7, 11) is 0. The molecular weight excluding hydrogens is 426 g/mol. The number of nitrogens with zero attached hydrogens (tertiary/aromatic N) is 5. The largest absolute Gasteiger partial charge is 0.442 e. The van der Waals surface area contributed by atoms with Crippen LogP contribution in [-0.4, -0.2) is 50.6 Å². The summed E-state index contributed by atoms with van der Waals surface area (Å²) in [5, 5.41) is 7.89. The van der Waals surface area contributed by atoms with Gasteiger partial charge < -0.3 is 19.6 Å². The Labute approximate surface area is 199 Å². The Kier molecular flexibility index (Phi) is 5.76. The number of aromatic nitrogens is 4. The number of hydrogen-bond donors (Lipinski definition) is 2. The zero-order chi connectivity index (χ0) is 22.9. The van der Waals surface area contributed by atoms with Crippen molar-refractivity contribution < 1.29 is 4.42 Å². The first-order valence-electron chi connectivity index (χ1n) is 12.3. The molecule has 34 heavy (non-hydrogen) atoms. The minimum absolute atomic E-state index is 0.420. The maximum absolute atomic E-state index is 5.72. The monoisotopic (exact) mass is 457 g/mol. The summed E-state index contributed by atoms with van der Waals surface area (Å²) in [6.45, 7) is 7.45. The molecule has 0 unspecified atom stereocenters. The molecule has 1 aliphatic carbocycles. The first-order valence-corrected chi connectivity index (χ1v) is 12.3. The second kappa shape index (κ2) is 9.19. The van der Waals surface area contributed by atoms with Gasteiger partial charge in [0, 0.05) is 56.0 Å². The Morgan fingerprint density at radius 1 is 1.09 bits per heavy atom. The fourth-order valence-corrected chi connectivity index (χ4v) is 5.40. The average Bonchev–Trinajstić information content (AvgIpc) is 3.62. The molecule has 4 aromatic rings. The molecule has 0 amide bonds. The van der Waals surface area contributed by atoms with E-state index >= 15 is 0 Å². The van der Waals surface area contributed by atoms with E-state index in [-0.39, 0.29) is 0 Å². The second-order valence-corrected chi connectivity index (χ2v) is 9.43. The lowest BCUT2D eigenvalue weighted by Crippen LogP contribution is -2.42. The number of nitrogens with one attached hydrogen (secondary N) is 2. The Morgan fingerprint density at radius 3 is 2.62 bits per heavy atom. The molecule has 0 radical (unpaired) electrons. The van der Waals surface area contributed by atoms with Crippen LogP contribution in [0, 0.1) is 6.92 Å². The fourth-order valence-electron chi connectivity index (χ4n) is 5.40. The lowest BCUT2D eigenvalue weighted by Gasteiger charge is -2.27. The Bertz CT molecular complexity index is 1250. The molecule has 8 nitrogen and oxygen atoms in total. The van der Waals surface area contributed by atoms with Gasteiger partial charge in [-0.1, -0.05) is 25.0 Å². The summed E-state index contributed by atoms with van der Waals surface area (Å²) in [6.07, 6.45) is 10.0. The fraction of sp³-hybridized carbons (Fsp3) is 0.423. The molecule has 1 saturated heterocycles. The third-order valence-electron chi connectivity index (χ3n) is 7.18. The Balaban J connectivity index is 1.29. The molecule has 4 heterocycles. The van der Waals surface area contributed by atoms with E-state index in [0.717, 1.165) is 79.3 Å². The highest BCUT2D eigenvalue weighted by molar-refractivity contribution is 5.88. The van der Waals surface area contributed by atoms with Crippen LogP contribution in [0.3, 0.4) is 0 Å². The van der Waals surface area contributed by atoms with Gasteiger partial charge in [0.2, 0.25) is 5.95 Å². The van der Waals surface area contributed by atoms with Crippen LogP contribution in [0.5, 0.6) is 0 Å². The zero-order valence-corrected chi connectivity index (χ0v) is 19.6. The maximum Gasteiger partial charge on any atom is 0.229 e. The van der Waals surface area contributed by atoms with E-state index in [9.17, 15) is 0 Å². The topological polar surface area (TPSA) is 84.0 Å². The summed E-state index contributed by atoms with van der Waals surface area (Å²) in [5.41, 5.74) is 5.50. The van der Waals surface area contributed by atoms with Crippen molar-refractivity contribution >= 4 is 22.7 Å². The summed E-state index contributed by atoms with van der Waals surface area (Å²) < 4.78 is 8.08. The molecule has 0 atom stereocenters. The summed E-state index contributed by atoms with van der Waals surface area (Å²) in [5.74, 6) is 1.40. The van der Waals surface area contributed by atoms with E-state index in [0.29, 0.717) is 12.0 Å². The molecule has 2 fully saturated rings. The Hall–Kier alpha value is -3.23. The van der Waals surface area contributed by atoms with Gasteiger partial charge in [-0.15, -0.1) is 0 Å². The van der Waals surface area contributed by atoms with Crippen LogP contribution in [0.2, 0.25) is 0 Å². The quantitative estimate of drug-likeness (QED) is 0.436. The number of fused-ring (bicyclic) bond motifs is 1. The molecule has 2 N–H and O–H groups in total. The van der Waals surface area contributed by atoms with E-state index in [1.54, 1.807) is 6.20 Å². The van der Waals surface area contributed by atoms with E-state index in [1.165, 1.54) is 24.8 Å². The van der Waals surface area contributed by atoms with Crippen LogP contribution in [0.1, 0.15) is 42.9 Å². The van der Waals surface area contributed by atoms with Crippen molar-refractivity contribution in [2.75, 3.05) is 31.5 Å². The van der Waals surface area contributed by atoms with Gasteiger partial charge in [0.1, 0.15) is 5.65 Å². The maximum atomic E-state index is 5.72. The molecule has 0 spiro atoms. The van der Waals surface area contributed by atoms with Gasteiger partial charge in [-0.2, -0.15) is 4.98 Å². The van der Waals surface area contributed by atoms with Crippen molar-refractivity contribution in [1.29, 1.82) is 0 Å². The smallest absolute Gasteiger partial charge is 0.229 e. The molecular formula is C26H31N7O. The summed E-state index contributed by atoms with van der Waals surface area (Å²) in [6, 6.07) is 9.04. The van der Waals surface area contributed by atoms with Crippen LogP contribution >= 0.6 is 0 Å². The van der Waals surface area contributed by atoms with Crippen molar-refractivity contribution in [3.8, 4) is 11.5 Å². The second-order valence-electron chi connectivity index (χ2n) is 9.43. The average molecular weight is 458 g/mol. The van der Waals surface area contributed by atoms with Crippen molar-refractivity contribution in [1.82, 2.24) is 29.7 Å². The molecule has 6 rings (SSSR count). The summed E-state index contributed by atoms with van der Waals surface area (Å²) >= 11 is 0. The van der Waals surface area contributed by atoms with Crippen LogP contribution in [0.25, 0.3) is 22.5 Å². The van der Waals surface area contributed by atoms with E-state index in [1.807, 2.05) is 6.20 Å². The van der Waals surface area contributed by atoms with Crippen LogP contribution in [0.4, 0.5) is 11.6 Å². The predicted molar refractivity (Wildman–Crippen MR) is 133 cm³/mol. The first kappa shape index (κ1) is 21.3. The van der Waals surface area contributed by atoms with E-state index < -0.39 is 0 Å². The van der Waals surface area contributed by atoms with Crippen molar-refractivity contribution in [2.24, 2.45) is 0 Å². The van der Waals surface area contributed by atoms with Crippen LogP contribution in [0.15, 0.2) is 47.5 Å². The normalized spacial score (nSPS) is 17.6. The van der Waals surface area contributed by atoms with Crippen molar-refractivity contribution in [3.63, 3.8) is 0 Å². The number of oxazole rings is 1. The third kappa shape index (κ3) is 4.08. The van der Waals surface area contributed by atoms with Gasteiger partial charge in [-0.05, 0) is 43.0 Å². The number of rotatable bonds is 6. The molecule has 2 aliphatic rings. The van der Waals surface area contributed by atoms with Gasteiger partial charge >= 0.3 is 0 Å². The molecule has 1 saturated carbocycles. The molecule has 176 valence electrons. The highest BCUT2D eigenvalue weighted by Gasteiger charge is 2.27. The first-order chi connectivity index (χ1) is 16.8. The third-order valence-corrected chi connectivity index (χ3v) is 7.18. The van der Waals surface area contributed by atoms with Gasteiger partial charge in [0.05, 0.1) is 11.9 Å². The van der Waals surface area contributed by atoms with Gasteiger partial charge in [-0.3, -0.25) is 4.90 Å². The lowest BCUT2D eigenvalue weighted by atomic mass is 10.2. The SMILES string of the molecule is Cc1c(-c2cnco2)n(C2CCCC2)c2nc(Nc3ccc(CN4CCNCC4)cc3)ncc12. The molecule has 1 aromatic carbocycles. The zero-order valence-electron chi connectivity index (χ0n) is 19.6. The van der Waals surface area contributed by atoms with Crippen molar-refractivity contribution in [2.45, 2.75) is 45.2 Å². The Morgan fingerprint density at radius 2 is 1.88 bits per heavy atom. The molecule has 8 heteroatoms. The number of aryl methyl sites for hydroxylation is 1. The van der Waals surface area contributed by atoms with Crippen molar-refractivity contribution in [3.05, 3.63) is 54.2 Å². The number of anilines is 2. The minimum Gasteiger partial charge on any atom is -0.442 e. The van der Waals surface area contributed by atoms with Gasteiger partial charge in [-0.25, -0.2) is 9.97 Å². The minimum atomic E-state index is 0.420. The van der Waals surface area contributed by atoms with E-state index in [2.05, 4.69) is 61.3 Å². The molecule has 3 aromatic heterocycles. The highest BCUT2D eigenvalue weighted by Crippen LogP contribution is 2.40. The standard InChI is InChI=1S/C26H31N7O/c1-18-22-14-29-26(30-20-8-6-19(7-9-20)16-32-12-10-27-11-13-32)31-25(22)33(21-4-2-3-5-21)24(18)23-15-28-17-34-23/h6-9,14-15,17,21,27H,2-5,10-13,16H2,1H3,(H,29,30,31). The van der Waals surface area contributed by atoms with Crippen LogP contribution < -0.4 is 10.6 Å². The van der Waals surface area contributed by atoms with Crippen LogP contribution in [-0.2, 0) is 6.54 Å². The molecule has 0 bridgehead atoms.